The molecule has 3 heteroatoms. The molecule has 0 aromatic carbocycles. The molecule has 0 heterocycles. The van der Waals surface area contributed by atoms with Gasteiger partial charge in [0.25, 0.3) is 0 Å². The first-order chi connectivity index (χ1) is 12.3. The summed E-state index contributed by atoms with van der Waals surface area (Å²) in [7, 11) is 0. The molecule has 2 fully saturated rings. The van der Waals surface area contributed by atoms with E-state index in [0.29, 0.717) is 23.5 Å². The van der Waals surface area contributed by atoms with Crippen LogP contribution in [-0.2, 0) is 9.53 Å². The molecule has 1 N–H and O–H groups in total. The van der Waals surface area contributed by atoms with E-state index in [9.17, 15) is 9.90 Å². The lowest BCUT2D eigenvalue weighted by Crippen LogP contribution is -2.56. The molecular formula is C23H34O3. The number of ether oxygens (including phenoxy) is 1. The monoisotopic (exact) mass is 358 g/mol. The van der Waals surface area contributed by atoms with Gasteiger partial charge in [0.1, 0.15) is 5.78 Å². The fourth-order valence-corrected chi connectivity index (χ4v) is 7.40. The first-order valence-corrected chi connectivity index (χ1v) is 10.5. The number of ketones is 1. The molecule has 0 aromatic heterocycles. The zero-order valence-electron chi connectivity index (χ0n) is 16.8. The Bertz CT molecular complexity index is 662. The predicted molar refractivity (Wildman–Crippen MR) is 102 cm³/mol. The van der Waals surface area contributed by atoms with Gasteiger partial charge in [0.2, 0.25) is 0 Å². The van der Waals surface area contributed by atoms with Crippen LogP contribution in [0.25, 0.3) is 0 Å². The fourth-order valence-electron chi connectivity index (χ4n) is 7.40. The Morgan fingerprint density at radius 3 is 2.81 bits per heavy atom. The van der Waals surface area contributed by atoms with Crippen molar-refractivity contribution in [1.82, 2.24) is 0 Å². The van der Waals surface area contributed by atoms with Crippen molar-refractivity contribution in [1.29, 1.82) is 0 Å². The van der Waals surface area contributed by atoms with Crippen LogP contribution in [0.4, 0.5) is 0 Å². The van der Waals surface area contributed by atoms with Crippen LogP contribution in [0.1, 0.15) is 66.2 Å². The highest BCUT2D eigenvalue weighted by molar-refractivity contribution is 5.79. The highest BCUT2D eigenvalue weighted by Crippen LogP contribution is 2.66. The van der Waals surface area contributed by atoms with Gasteiger partial charge < -0.3 is 9.84 Å². The third-order valence-electron chi connectivity index (χ3n) is 8.48. The zero-order chi connectivity index (χ0) is 18.7. The Hall–Kier alpha value is -1.09. The largest absolute Gasteiger partial charge is 0.498 e. The number of carbonyl (C=O) groups is 1. The molecule has 0 aromatic rings. The van der Waals surface area contributed by atoms with Crippen molar-refractivity contribution < 1.29 is 14.6 Å². The van der Waals surface area contributed by atoms with Crippen molar-refractivity contribution in [2.45, 2.75) is 72.3 Å². The molecular weight excluding hydrogens is 324 g/mol. The van der Waals surface area contributed by atoms with Gasteiger partial charge in [-0.15, -0.1) is 0 Å². The molecule has 0 bridgehead atoms. The number of fused-ring (bicyclic) bond motifs is 5. The van der Waals surface area contributed by atoms with Crippen LogP contribution in [-0.4, -0.2) is 23.6 Å². The van der Waals surface area contributed by atoms with Gasteiger partial charge in [-0.25, -0.2) is 0 Å². The Morgan fingerprint density at radius 2 is 2.12 bits per heavy atom. The quantitative estimate of drug-likeness (QED) is 0.798. The van der Waals surface area contributed by atoms with Gasteiger partial charge in [0.15, 0.2) is 0 Å². The normalized spacial score (nSPS) is 47.2. The summed E-state index contributed by atoms with van der Waals surface area (Å²) in [6.07, 6.45) is 10.4. The summed E-state index contributed by atoms with van der Waals surface area (Å²) in [6.45, 7) is 9.15. The first kappa shape index (κ1) is 18.3. The van der Waals surface area contributed by atoms with Crippen molar-refractivity contribution in [2.75, 3.05) is 6.61 Å². The van der Waals surface area contributed by atoms with E-state index in [-0.39, 0.29) is 22.9 Å². The minimum absolute atomic E-state index is 0.0187. The van der Waals surface area contributed by atoms with E-state index in [0.717, 1.165) is 50.9 Å². The average molecular weight is 359 g/mol. The summed E-state index contributed by atoms with van der Waals surface area (Å²) in [4.78, 5) is 12.2. The van der Waals surface area contributed by atoms with E-state index < -0.39 is 0 Å². The molecule has 0 aliphatic heterocycles. The van der Waals surface area contributed by atoms with E-state index in [1.165, 1.54) is 5.57 Å². The lowest BCUT2D eigenvalue weighted by molar-refractivity contribution is -0.138. The minimum Gasteiger partial charge on any atom is -0.498 e. The Morgan fingerprint density at radius 1 is 1.35 bits per heavy atom. The summed E-state index contributed by atoms with van der Waals surface area (Å²) < 4.78 is 5.79. The van der Waals surface area contributed by atoms with Crippen LogP contribution in [0.5, 0.6) is 0 Å². The van der Waals surface area contributed by atoms with Crippen molar-refractivity contribution >= 4 is 5.78 Å². The number of hydrogen-bond donors (Lipinski definition) is 1. The minimum atomic E-state index is -0.308. The summed E-state index contributed by atoms with van der Waals surface area (Å²) in [5.41, 5.74) is 1.39. The van der Waals surface area contributed by atoms with Crippen molar-refractivity contribution in [3.05, 3.63) is 23.5 Å². The molecule has 0 spiro atoms. The van der Waals surface area contributed by atoms with E-state index >= 15 is 0 Å². The zero-order valence-corrected chi connectivity index (χ0v) is 16.8. The van der Waals surface area contributed by atoms with Gasteiger partial charge in [-0.05, 0) is 86.2 Å². The molecule has 26 heavy (non-hydrogen) atoms. The van der Waals surface area contributed by atoms with Gasteiger partial charge in [-0.1, -0.05) is 19.9 Å². The second kappa shape index (κ2) is 6.22. The maximum atomic E-state index is 12.2. The van der Waals surface area contributed by atoms with E-state index in [2.05, 4.69) is 26.0 Å². The number of rotatable bonds is 3. The summed E-state index contributed by atoms with van der Waals surface area (Å²) in [5.74, 6) is 2.94. The van der Waals surface area contributed by atoms with Crippen LogP contribution in [0.2, 0.25) is 0 Å². The van der Waals surface area contributed by atoms with Gasteiger partial charge in [0.05, 0.1) is 18.5 Å². The van der Waals surface area contributed by atoms with Gasteiger partial charge in [0, 0.05) is 12.3 Å². The summed E-state index contributed by atoms with van der Waals surface area (Å²) in [5, 5.41) is 11.3. The highest BCUT2D eigenvalue weighted by atomic mass is 16.5. The van der Waals surface area contributed by atoms with Gasteiger partial charge >= 0.3 is 0 Å². The van der Waals surface area contributed by atoms with Gasteiger partial charge in [-0.2, -0.15) is 0 Å². The Kier molecular flexibility index (Phi) is 4.38. The predicted octanol–water partition coefficient (Wildman–Crippen LogP) is 4.66. The van der Waals surface area contributed by atoms with E-state index in [4.69, 9.17) is 4.74 Å². The first-order valence-electron chi connectivity index (χ1n) is 10.5. The smallest absolute Gasteiger partial charge is 0.133 e. The standard InChI is InChI=1S/C23H34O3/c1-5-26-16-10-11-22(3)15(12-16)6-7-17-19-9-8-18(14(2)24)23(19,4)13-20(25)21(17)22/h6,12,17-21,25H,5,7-11,13H2,1-4H3/t17?,18-,19?,20-,21?,22+,23-/m1/s1. The van der Waals surface area contributed by atoms with Crippen molar-refractivity contribution in [3.63, 3.8) is 0 Å². The number of carbonyl (C=O) groups excluding carboxylic acids is 1. The lowest BCUT2D eigenvalue weighted by atomic mass is 9.47. The van der Waals surface area contributed by atoms with E-state index in [1.807, 2.05) is 6.92 Å². The molecule has 144 valence electrons. The fraction of sp³-hybridized carbons (Fsp3) is 0.783. The maximum absolute atomic E-state index is 12.2. The average Bonchev–Trinajstić information content (AvgIpc) is 2.91. The second-order valence-corrected chi connectivity index (χ2v) is 9.67. The molecule has 7 atom stereocenters. The van der Waals surface area contributed by atoms with Crippen LogP contribution in [0.15, 0.2) is 23.5 Å². The third-order valence-corrected chi connectivity index (χ3v) is 8.48. The molecule has 4 aliphatic rings. The lowest BCUT2D eigenvalue weighted by Gasteiger charge is -2.58. The molecule has 0 saturated heterocycles. The topological polar surface area (TPSA) is 46.5 Å². The molecule has 4 rings (SSSR count). The summed E-state index contributed by atoms with van der Waals surface area (Å²) >= 11 is 0. The number of Topliss-reactive ketones (excluding diaryl/α,β-unsaturated/α-hetero) is 1. The van der Waals surface area contributed by atoms with E-state index in [1.54, 1.807) is 6.92 Å². The number of aliphatic hydroxyl groups is 1. The number of allylic oxidation sites excluding steroid dienone is 4. The van der Waals surface area contributed by atoms with Crippen LogP contribution < -0.4 is 0 Å². The van der Waals surface area contributed by atoms with Crippen LogP contribution in [0.3, 0.4) is 0 Å². The van der Waals surface area contributed by atoms with Crippen molar-refractivity contribution in [2.24, 2.45) is 34.5 Å². The maximum Gasteiger partial charge on any atom is 0.133 e. The molecule has 2 saturated carbocycles. The highest BCUT2D eigenvalue weighted by Gasteiger charge is 2.61. The van der Waals surface area contributed by atoms with Crippen LogP contribution >= 0.6 is 0 Å². The second-order valence-electron chi connectivity index (χ2n) is 9.67. The molecule has 4 aliphatic carbocycles. The molecule has 0 amide bonds. The number of hydrogen-bond acceptors (Lipinski definition) is 3. The number of aliphatic hydroxyl groups excluding tert-OH is 1. The Labute approximate surface area is 157 Å². The summed E-state index contributed by atoms with van der Waals surface area (Å²) in [6, 6.07) is 0. The Balaban J connectivity index is 1.70. The van der Waals surface area contributed by atoms with Crippen molar-refractivity contribution in [3.8, 4) is 0 Å². The van der Waals surface area contributed by atoms with Crippen LogP contribution in [0, 0.1) is 34.5 Å². The third kappa shape index (κ3) is 2.46. The molecule has 3 nitrogen and oxygen atoms in total. The van der Waals surface area contributed by atoms with Gasteiger partial charge in [-0.3, -0.25) is 4.79 Å². The SMILES string of the molecule is CCOC1=CC2=CCC3C([C@H](O)C[C@@]4(C)C3CC[C@@H]4C(C)=O)[C@@]2(C)CC1. The molecule has 3 unspecified atom stereocenters. The molecule has 0 radical (unpaired) electrons.